The van der Waals surface area contributed by atoms with Crippen molar-refractivity contribution in [2.75, 3.05) is 26.2 Å². The lowest BCUT2D eigenvalue weighted by molar-refractivity contribution is -0.181. The molecule has 25 heavy (non-hydrogen) atoms. The molecule has 0 aliphatic carbocycles. The van der Waals surface area contributed by atoms with Crippen molar-refractivity contribution in [3.8, 4) is 0 Å². The highest BCUT2D eigenvalue weighted by molar-refractivity contribution is 5.87. The number of carbonyl (C=O) groups is 2. The lowest BCUT2D eigenvalue weighted by Crippen LogP contribution is -2.56. The second-order valence-corrected chi connectivity index (χ2v) is 5.90. The van der Waals surface area contributed by atoms with Gasteiger partial charge in [-0.2, -0.15) is 13.2 Å². The van der Waals surface area contributed by atoms with Gasteiger partial charge < -0.3 is 15.3 Å². The minimum absolute atomic E-state index is 0.157. The number of halogens is 3. The number of alkyl halides is 3. The molecule has 1 fully saturated rings. The van der Waals surface area contributed by atoms with E-state index in [4.69, 9.17) is 5.11 Å². The molecule has 0 saturated carbocycles. The number of nitrogens with one attached hydrogen (secondary N) is 1. The zero-order valence-corrected chi connectivity index (χ0v) is 13.7. The number of carboxylic acids is 1. The molecule has 1 unspecified atom stereocenters. The Hall–Kier alpha value is -2.29. The normalized spacial score (nSPS) is 17.2. The third-order valence-corrected chi connectivity index (χ3v) is 4.27. The Morgan fingerprint density at radius 3 is 2.20 bits per heavy atom. The van der Waals surface area contributed by atoms with Crippen LogP contribution >= 0.6 is 0 Å². The summed E-state index contributed by atoms with van der Waals surface area (Å²) in [5, 5.41) is 11.5. The lowest BCUT2D eigenvalue weighted by Gasteiger charge is -2.38. The summed E-state index contributed by atoms with van der Waals surface area (Å²) in [6.45, 7) is 2.13. The largest absolute Gasteiger partial charge is 0.478 e. The standard InChI is InChI=1S/C16H20F3N3O3/c1-11(16(17,18)19)21-6-8-22(9-7-21)15(25)20-10-12-2-4-13(5-3-12)14(23)24/h2-5,11H,6-10H2,1H3,(H,20,25)(H,23,24). The van der Waals surface area contributed by atoms with Crippen molar-refractivity contribution in [3.05, 3.63) is 35.4 Å². The summed E-state index contributed by atoms with van der Waals surface area (Å²) in [6, 6.07) is 4.23. The van der Waals surface area contributed by atoms with Gasteiger partial charge in [0.25, 0.3) is 0 Å². The Morgan fingerprint density at radius 1 is 1.16 bits per heavy atom. The maximum atomic E-state index is 12.7. The van der Waals surface area contributed by atoms with Gasteiger partial charge in [-0.3, -0.25) is 4.90 Å². The predicted molar refractivity (Wildman–Crippen MR) is 84.3 cm³/mol. The number of aromatic carboxylic acids is 1. The minimum atomic E-state index is -4.27. The number of rotatable bonds is 4. The van der Waals surface area contributed by atoms with Gasteiger partial charge in [0.15, 0.2) is 0 Å². The van der Waals surface area contributed by atoms with Crippen LogP contribution in [0.3, 0.4) is 0 Å². The molecule has 0 spiro atoms. The summed E-state index contributed by atoms with van der Waals surface area (Å²) >= 11 is 0. The number of piperazine rings is 1. The van der Waals surface area contributed by atoms with Crippen LogP contribution < -0.4 is 5.32 Å². The number of urea groups is 1. The number of benzene rings is 1. The van der Waals surface area contributed by atoms with Crippen molar-refractivity contribution < 1.29 is 27.9 Å². The van der Waals surface area contributed by atoms with Gasteiger partial charge in [0.2, 0.25) is 0 Å². The van der Waals surface area contributed by atoms with Crippen LogP contribution in [0.2, 0.25) is 0 Å². The molecule has 0 bridgehead atoms. The van der Waals surface area contributed by atoms with Crippen molar-refractivity contribution >= 4 is 12.0 Å². The van der Waals surface area contributed by atoms with Crippen LogP contribution in [0.5, 0.6) is 0 Å². The molecule has 1 aliphatic rings. The monoisotopic (exact) mass is 359 g/mol. The first-order chi connectivity index (χ1) is 11.7. The molecule has 2 N–H and O–H groups in total. The molecule has 1 aromatic carbocycles. The molecule has 2 rings (SSSR count). The summed E-state index contributed by atoms with van der Waals surface area (Å²) in [5.41, 5.74) is 0.896. The van der Waals surface area contributed by atoms with E-state index in [-0.39, 0.29) is 44.3 Å². The van der Waals surface area contributed by atoms with Crippen molar-refractivity contribution in [2.45, 2.75) is 25.7 Å². The average Bonchev–Trinajstić information content (AvgIpc) is 2.58. The summed E-state index contributed by atoms with van der Waals surface area (Å²) in [6.07, 6.45) is -4.27. The average molecular weight is 359 g/mol. The summed E-state index contributed by atoms with van der Waals surface area (Å²) in [5.74, 6) is -1.03. The maximum absolute atomic E-state index is 12.7. The van der Waals surface area contributed by atoms with E-state index < -0.39 is 18.2 Å². The van der Waals surface area contributed by atoms with E-state index in [1.54, 1.807) is 12.1 Å². The van der Waals surface area contributed by atoms with E-state index in [1.165, 1.54) is 21.9 Å². The van der Waals surface area contributed by atoms with Gasteiger partial charge in [-0.1, -0.05) is 12.1 Å². The van der Waals surface area contributed by atoms with E-state index in [0.29, 0.717) is 0 Å². The Labute approximate surface area is 143 Å². The number of nitrogens with zero attached hydrogens (tertiary/aromatic N) is 2. The van der Waals surface area contributed by atoms with Gasteiger partial charge in [-0.15, -0.1) is 0 Å². The maximum Gasteiger partial charge on any atom is 0.403 e. The first-order valence-electron chi connectivity index (χ1n) is 7.84. The summed E-state index contributed by atoms with van der Waals surface area (Å²) in [7, 11) is 0. The third kappa shape index (κ3) is 5.09. The fourth-order valence-electron chi connectivity index (χ4n) is 2.57. The molecule has 2 amide bonds. The zero-order valence-electron chi connectivity index (χ0n) is 13.7. The second kappa shape index (κ2) is 7.73. The summed E-state index contributed by atoms with van der Waals surface area (Å²) < 4.78 is 38.1. The van der Waals surface area contributed by atoms with Crippen LogP contribution in [0.25, 0.3) is 0 Å². The molecule has 1 aliphatic heterocycles. The molecule has 138 valence electrons. The first-order valence-corrected chi connectivity index (χ1v) is 7.84. The quantitative estimate of drug-likeness (QED) is 0.864. The van der Waals surface area contributed by atoms with E-state index in [1.807, 2.05) is 0 Å². The van der Waals surface area contributed by atoms with E-state index in [2.05, 4.69) is 5.32 Å². The van der Waals surface area contributed by atoms with Crippen LogP contribution in [-0.2, 0) is 6.54 Å². The molecule has 1 saturated heterocycles. The highest BCUT2D eigenvalue weighted by Crippen LogP contribution is 2.25. The summed E-state index contributed by atoms with van der Waals surface area (Å²) in [4.78, 5) is 25.7. The van der Waals surface area contributed by atoms with Crippen molar-refractivity contribution in [3.63, 3.8) is 0 Å². The molecule has 1 heterocycles. The number of amides is 2. The Bertz CT molecular complexity index is 611. The zero-order chi connectivity index (χ0) is 18.6. The van der Waals surface area contributed by atoms with E-state index in [9.17, 15) is 22.8 Å². The molecular formula is C16H20F3N3O3. The van der Waals surface area contributed by atoms with Crippen LogP contribution in [0.1, 0.15) is 22.8 Å². The van der Waals surface area contributed by atoms with E-state index in [0.717, 1.165) is 12.5 Å². The second-order valence-electron chi connectivity index (χ2n) is 5.90. The van der Waals surface area contributed by atoms with Gasteiger partial charge >= 0.3 is 18.2 Å². The Kier molecular flexibility index (Phi) is 5.89. The highest BCUT2D eigenvalue weighted by atomic mass is 19.4. The molecular weight excluding hydrogens is 339 g/mol. The van der Waals surface area contributed by atoms with Crippen LogP contribution in [0.15, 0.2) is 24.3 Å². The number of carbonyl (C=O) groups excluding carboxylic acids is 1. The third-order valence-electron chi connectivity index (χ3n) is 4.27. The number of hydrogen-bond acceptors (Lipinski definition) is 3. The minimum Gasteiger partial charge on any atom is -0.478 e. The van der Waals surface area contributed by atoms with Gasteiger partial charge in [-0.25, -0.2) is 9.59 Å². The topological polar surface area (TPSA) is 72.9 Å². The van der Waals surface area contributed by atoms with Crippen molar-refractivity contribution in [1.82, 2.24) is 15.1 Å². The fourth-order valence-corrected chi connectivity index (χ4v) is 2.57. The van der Waals surface area contributed by atoms with Crippen molar-refractivity contribution in [1.29, 1.82) is 0 Å². The van der Waals surface area contributed by atoms with Crippen LogP contribution in [-0.4, -0.2) is 65.3 Å². The van der Waals surface area contributed by atoms with Gasteiger partial charge in [0.1, 0.15) is 6.04 Å². The Balaban J connectivity index is 1.80. The highest BCUT2D eigenvalue weighted by Gasteiger charge is 2.41. The van der Waals surface area contributed by atoms with Gasteiger partial charge in [0.05, 0.1) is 5.56 Å². The smallest absolute Gasteiger partial charge is 0.403 e. The van der Waals surface area contributed by atoms with Gasteiger partial charge in [0, 0.05) is 32.7 Å². The lowest BCUT2D eigenvalue weighted by atomic mass is 10.1. The molecule has 0 radical (unpaired) electrons. The molecule has 6 nitrogen and oxygen atoms in total. The molecule has 0 aromatic heterocycles. The molecule has 1 aromatic rings. The number of carboxylic acid groups (broad SMARTS) is 1. The van der Waals surface area contributed by atoms with Gasteiger partial charge in [-0.05, 0) is 24.6 Å². The molecule has 1 atom stereocenters. The predicted octanol–water partition coefficient (Wildman–Crippen LogP) is 2.16. The fraction of sp³-hybridized carbons (Fsp3) is 0.500. The Morgan fingerprint density at radius 2 is 1.72 bits per heavy atom. The van der Waals surface area contributed by atoms with Crippen LogP contribution in [0, 0.1) is 0 Å². The van der Waals surface area contributed by atoms with Crippen LogP contribution in [0.4, 0.5) is 18.0 Å². The van der Waals surface area contributed by atoms with Crippen molar-refractivity contribution in [2.24, 2.45) is 0 Å². The SMILES string of the molecule is CC(N1CCN(C(=O)NCc2ccc(C(=O)O)cc2)CC1)C(F)(F)F. The molecule has 9 heteroatoms. The van der Waals surface area contributed by atoms with E-state index >= 15 is 0 Å². The first kappa shape index (κ1) is 19.0. The number of hydrogen-bond donors (Lipinski definition) is 2.